The van der Waals surface area contributed by atoms with Gasteiger partial charge in [-0.1, -0.05) is 6.07 Å². The molecule has 146 valence electrons. The molecule has 2 aliphatic heterocycles. The van der Waals surface area contributed by atoms with Crippen LogP contribution in [0.15, 0.2) is 28.1 Å². The average molecular weight is 391 g/mol. The summed E-state index contributed by atoms with van der Waals surface area (Å²) < 4.78 is 17.0. The first-order valence-electron chi connectivity index (χ1n) is 9.32. The molecule has 2 unspecified atom stereocenters. The Kier molecular flexibility index (Phi) is 6.44. The van der Waals surface area contributed by atoms with E-state index in [0.717, 1.165) is 23.8 Å². The molecule has 2 heterocycles. The second-order valence-electron chi connectivity index (χ2n) is 6.54. The van der Waals surface area contributed by atoms with Crippen LogP contribution in [-0.4, -0.2) is 54.5 Å². The molecule has 0 bridgehead atoms. The van der Waals surface area contributed by atoms with Crippen molar-refractivity contribution in [1.29, 1.82) is 0 Å². The number of benzene rings is 1. The van der Waals surface area contributed by atoms with E-state index < -0.39 is 0 Å². The maximum atomic E-state index is 12.4. The summed E-state index contributed by atoms with van der Waals surface area (Å²) in [4.78, 5) is 19.4. The van der Waals surface area contributed by atoms with Crippen molar-refractivity contribution in [3.05, 3.63) is 28.7 Å². The fourth-order valence-corrected chi connectivity index (χ4v) is 4.11. The first-order valence-corrected chi connectivity index (χ1v) is 10.1. The monoisotopic (exact) mass is 390 g/mol. The summed E-state index contributed by atoms with van der Waals surface area (Å²) in [6.07, 6.45) is 2.11. The lowest BCUT2D eigenvalue weighted by Crippen LogP contribution is -2.47. The molecule has 0 N–H and O–H groups in total. The van der Waals surface area contributed by atoms with Crippen LogP contribution in [0.1, 0.15) is 33.3 Å². The number of aliphatic imine (C=N–C) groups is 1. The van der Waals surface area contributed by atoms with E-state index in [1.165, 1.54) is 11.8 Å². The highest BCUT2D eigenvalue weighted by atomic mass is 32.2. The quantitative estimate of drug-likeness (QED) is 0.717. The number of thioether (sulfide) groups is 1. The molecule has 1 aromatic rings. The Morgan fingerprint density at radius 2 is 1.85 bits per heavy atom. The number of nitrogens with zero attached hydrogens (tertiary/aromatic N) is 2. The molecule has 3 rings (SSSR count). The van der Waals surface area contributed by atoms with E-state index >= 15 is 0 Å². The normalized spacial score (nSPS) is 24.3. The Hall–Kier alpha value is -1.99. The predicted octanol–water partition coefficient (Wildman–Crippen LogP) is 3.56. The predicted molar refractivity (Wildman–Crippen MR) is 108 cm³/mol. The largest absolute Gasteiger partial charge is 0.490 e. The van der Waals surface area contributed by atoms with Crippen molar-refractivity contribution in [1.82, 2.24) is 4.90 Å². The summed E-state index contributed by atoms with van der Waals surface area (Å²) >= 11 is 1.42. The fraction of sp³-hybridized carbons (Fsp3) is 0.500. The second-order valence-corrected chi connectivity index (χ2v) is 7.55. The van der Waals surface area contributed by atoms with Gasteiger partial charge in [0.05, 0.1) is 30.3 Å². The Labute approximate surface area is 164 Å². The van der Waals surface area contributed by atoms with Gasteiger partial charge in [0, 0.05) is 13.1 Å². The zero-order valence-corrected chi connectivity index (χ0v) is 17.0. The molecule has 27 heavy (non-hydrogen) atoms. The first-order chi connectivity index (χ1) is 13.0. The lowest BCUT2D eigenvalue weighted by molar-refractivity contribution is -0.113. The molecule has 6 nitrogen and oxygen atoms in total. The summed E-state index contributed by atoms with van der Waals surface area (Å²) in [6.45, 7) is 10.6. The van der Waals surface area contributed by atoms with E-state index in [2.05, 4.69) is 9.89 Å². The number of carbonyl (C=O) groups excluding carboxylic acids is 1. The number of carbonyl (C=O) groups is 1. The molecule has 0 saturated carbocycles. The van der Waals surface area contributed by atoms with Crippen molar-refractivity contribution in [2.45, 2.75) is 39.9 Å². The Morgan fingerprint density at radius 3 is 2.52 bits per heavy atom. The van der Waals surface area contributed by atoms with Gasteiger partial charge in [-0.2, -0.15) is 4.99 Å². The van der Waals surface area contributed by atoms with Crippen LogP contribution >= 0.6 is 11.8 Å². The van der Waals surface area contributed by atoms with Gasteiger partial charge < -0.3 is 19.1 Å². The molecular weight excluding hydrogens is 364 g/mol. The summed E-state index contributed by atoms with van der Waals surface area (Å²) in [5.74, 6) is 1.19. The molecule has 0 aliphatic carbocycles. The smallest absolute Gasteiger partial charge is 0.286 e. The highest BCUT2D eigenvalue weighted by Crippen LogP contribution is 2.34. The van der Waals surface area contributed by atoms with Gasteiger partial charge >= 0.3 is 0 Å². The molecule has 2 aliphatic rings. The molecule has 7 heteroatoms. The fourth-order valence-electron chi connectivity index (χ4n) is 3.18. The molecule has 1 amide bonds. The number of amides is 1. The van der Waals surface area contributed by atoms with Crippen molar-refractivity contribution >= 4 is 28.9 Å². The summed E-state index contributed by atoms with van der Waals surface area (Å²) in [6, 6.07) is 5.69. The molecular formula is C20H26N2O4S. The minimum absolute atomic E-state index is 0.125. The van der Waals surface area contributed by atoms with Crippen molar-refractivity contribution in [2.75, 3.05) is 26.3 Å². The number of amidine groups is 1. The van der Waals surface area contributed by atoms with Gasteiger partial charge in [-0.05, 0) is 63.2 Å². The number of hydrogen-bond donors (Lipinski definition) is 0. The molecule has 2 atom stereocenters. The first kappa shape index (κ1) is 19.8. The van der Waals surface area contributed by atoms with Crippen LogP contribution < -0.4 is 9.47 Å². The third kappa shape index (κ3) is 4.84. The topological polar surface area (TPSA) is 60.4 Å². The van der Waals surface area contributed by atoms with Crippen LogP contribution in [0.5, 0.6) is 11.5 Å². The van der Waals surface area contributed by atoms with Gasteiger partial charge in [0.1, 0.15) is 0 Å². The van der Waals surface area contributed by atoms with Gasteiger partial charge in [-0.15, -0.1) is 0 Å². The van der Waals surface area contributed by atoms with Gasteiger partial charge in [0.25, 0.3) is 5.91 Å². The van der Waals surface area contributed by atoms with E-state index in [4.69, 9.17) is 14.2 Å². The average Bonchev–Trinajstić information content (AvgIpc) is 2.97. The number of morpholine rings is 1. The maximum Gasteiger partial charge on any atom is 0.286 e. The molecule has 0 aromatic heterocycles. The van der Waals surface area contributed by atoms with Crippen LogP contribution in [-0.2, 0) is 9.53 Å². The standard InChI is InChI=1S/C20H26N2O4S/c1-5-24-16-8-7-15(9-17(16)25-6-2)10-18-19(23)21-20(27-18)22-11-13(3)26-14(4)12-22/h7-10,13-14H,5-6,11-12H2,1-4H3/b18-10-. The SMILES string of the molecule is CCOc1ccc(/C=C2\SC(N3CC(C)OC(C)C3)=NC2=O)cc1OCC. The summed E-state index contributed by atoms with van der Waals surface area (Å²) in [5.41, 5.74) is 0.887. The Morgan fingerprint density at radius 1 is 1.19 bits per heavy atom. The number of hydrogen-bond acceptors (Lipinski definition) is 6. The van der Waals surface area contributed by atoms with E-state index in [9.17, 15) is 4.79 Å². The number of rotatable bonds is 5. The van der Waals surface area contributed by atoms with Crippen molar-refractivity contribution in [2.24, 2.45) is 4.99 Å². The van der Waals surface area contributed by atoms with Gasteiger partial charge in [0.2, 0.25) is 0 Å². The second kappa shape index (κ2) is 8.80. The van der Waals surface area contributed by atoms with Crippen LogP contribution in [0.25, 0.3) is 6.08 Å². The van der Waals surface area contributed by atoms with Crippen molar-refractivity contribution in [3.8, 4) is 11.5 Å². The van der Waals surface area contributed by atoms with Crippen molar-refractivity contribution in [3.63, 3.8) is 0 Å². The van der Waals surface area contributed by atoms with E-state index in [1.54, 1.807) is 0 Å². The third-order valence-corrected chi connectivity index (χ3v) is 5.21. The Balaban J connectivity index is 1.76. The highest BCUT2D eigenvalue weighted by molar-refractivity contribution is 8.18. The molecule has 1 aromatic carbocycles. The minimum Gasteiger partial charge on any atom is -0.490 e. The lowest BCUT2D eigenvalue weighted by atomic mass is 10.2. The minimum atomic E-state index is -0.200. The Bertz CT molecular complexity index is 752. The lowest BCUT2D eigenvalue weighted by Gasteiger charge is -2.35. The van der Waals surface area contributed by atoms with Crippen molar-refractivity contribution < 1.29 is 19.0 Å². The number of ether oxygens (including phenoxy) is 3. The third-order valence-electron chi connectivity index (χ3n) is 4.16. The van der Waals surface area contributed by atoms with Crippen LogP contribution in [0.2, 0.25) is 0 Å². The van der Waals surface area contributed by atoms with Crippen LogP contribution in [0.3, 0.4) is 0 Å². The molecule has 0 radical (unpaired) electrons. The zero-order valence-electron chi connectivity index (χ0n) is 16.2. The molecule has 1 fully saturated rings. The zero-order chi connectivity index (χ0) is 19.4. The van der Waals surface area contributed by atoms with Crippen LogP contribution in [0, 0.1) is 0 Å². The highest BCUT2D eigenvalue weighted by Gasteiger charge is 2.31. The van der Waals surface area contributed by atoms with Gasteiger partial charge in [-0.3, -0.25) is 4.79 Å². The van der Waals surface area contributed by atoms with E-state index in [-0.39, 0.29) is 18.1 Å². The molecule has 0 spiro atoms. The summed E-state index contributed by atoms with van der Waals surface area (Å²) in [7, 11) is 0. The van der Waals surface area contributed by atoms with E-state index in [0.29, 0.717) is 29.6 Å². The van der Waals surface area contributed by atoms with Gasteiger partial charge in [0.15, 0.2) is 16.7 Å². The summed E-state index contributed by atoms with van der Waals surface area (Å²) in [5, 5.41) is 0.754. The van der Waals surface area contributed by atoms with Crippen LogP contribution in [0.4, 0.5) is 0 Å². The van der Waals surface area contributed by atoms with Gasteiger partial charge in [-0.25, -0.2) is 0 Å². The molecule has 1 saturated heterocycles. The maximum absolute atomic E-state index is 12.4. The van der Waals surface area contributed by atoms with E-state index in [1.807, 2.05) is 52.0 Å².